The first-order chi connectivity index (χ1) is 9.08. The normalized spacial score (nSPS) is 12.2. The molecule has 2 rings (SSSR count). The lowest BCUT2D eigenvalue weighted by atomic mass is 10.1. The van der Waals surface area contributed by atoms with Crippen LogP contribution in [0.1, 0.15) is 33.4 Å². The highest BCUT2D eigenvalue weighted by molar-refractivity contribution is 7.07. The Morgan fingerprint density at radius 2 is 2.26 bits per heavy atom. The van der Waals surface area contributed by atoms with E-state index in [4.69, 9.17) is 0 Å². The lowest BCUT2D eigenvalue weighted by Crippen LogP contribution is -2.29. The first-order valence-corrected chi connectivity index (χ1v) is 6.81. The molecule has 0 bridgehead atoms. The number of aliphatic hydroxyl groups is 1. The SMILES string of the molecule is Cc1cc(C(=O)NCC(O)c2ccsc2)c(C)nn1. The van der Waals surface area contributed by atoms with Crippen LogP contribution >= 0.6 is 11.3 Å². The van der Waals surface area contributed by atoms with Crippen molar-refractivity contribution in [1.82, 2.24) is 15.5 Å². The summed E-state index contributed by atoms with van der Waals surface area (Å²) >= 11 is 1.51. The molecule has 2 N–H and O–H groups in total. The minimum absolute atomic E-state index is 0.177. The van der Waals surface area contributed by atoms with Gasteiger partial charge in [0.15, 0.2) is 0 Å². The number of carbonyl (C=O) groups is 1. The van der Waals surface area contributed by atoms with E-state index in [-0.39, 0.29) is 12.5 Å². The standard InChI is InChI=1S/C13H15N3O2S/c1-8-5-11(9(2)16-15-8)13(18)14-6-12(17)10-3-4-19-7-10/h3-5,7,12,17H,6H2,1-2H3,(H,14,18). The predicted octanol–water partition coefficient (Wildman–Crippen LogP) is 1.62. The van der Waals surface area contributed by atoms with Gasteiger partial charge in [0.25, 0.3) is 5.91 Å². The third kappa shape index (κ3) is 3.36. The fourth-order valence-corrected chi connectivity index (χ4v) is 2.35. The number of nitrogens with one attached hydrogen (secondary N) is 1. The van der Waals surface area contributed by atoms with Crippen molar-refractivity contribution in [3.05, 3.63) is 45.4 Å². The van der Waals surface area contributed by atoms with Gasteiger partial charge in [-0.25, -0.2) is 0 Å². The molecular weight excluding hydrogens is 262 g/mol. The molecule has 0 fully saturated rings. The lowest BCUT2D eigenvalue weighted by molar-refractivity contribution is 0.0915. The third-order valence-corrected chi connectivity index (χ3v) is 3.43. The molecule has 0 aliphatic heterocycles. The molecule has 2 aromatic rings. The van der Waals surface area contributed by atoms with Gasteiger partial charge in [0, 0.05) is 6.54 Å². The van der Waals surface area contributed by atoms with Crippen LogP contribution in [0.4, 0.5) is 0 Å². The Morgan fingerprint density at radius 1 is 1.47 bits per heavy atom. The zero-order valence-corrected chi connectivity index (χ0v) is 11.6. The van der Waals surface area contributed by atoms with Crippen LogP contribution in [0.2, 0.25) is 0 Å². The number of aromatic nitrogens is 2. The number of aliphatic hydroxyl groups excluding tert-OH is 1. The number of hydrogen-bond donors (Lipinski definition) is 2. The molecule has 0 radical (unpaired) electrons. The molecule has 100 valence electrons. The third-order valence-electron chi connectivity index (χ3n) is 2.73. The summed E-state index contributed by atoms with van der Waals surface area (Å²) in [6, 6.07) is 3.53. The number of carbonyl (C=O) groups excluding carboxylic acids is 1. The second-order valence-corrected chi connectivity index (χ2v) is 5.05. The lowest BCUT2D eigenvalue weighted by Gasteiger charge is -2.11. The molecule has 2 aromatic heterocycles. The number of thiophene rings is 1. The highest BCUT2D eigenvalue weighted by Gasteiger charge is 2.14. The summed E-state index contributed by atoms with van der Waals surface area (Å²) in [7, 11) is 0. The molecule has 0 saturated carbocycles. The molecule has 1 amide bonds. The van der Waals surface area contributed by atoms with Crippen LogP contribution in [0, 0.1) is 13.8 Å². The van der Waals surface area contributed by atoms with Gasteiger partial charge in [-0.2, -0.15) is 21.5 Å². The Hall–Kier alpha value is -1.79. The van der Waals surface area contributed by atoms with Gasteiger partial charge >= 0.3 is 0 Å². The van der Waals surface area contributed by atoms with Crippen molar-refractivity contribution in [3.8, 4) is 0 Å². The molecule has 0 aliphatic carbocycles. The zero-order valence-electron chi connectivity index (χ0n) is 10.8. The van der Waals surface area contributed by atoms with E-state index < -0.39 is 6.10 Å². The Balaban J connectivity index is 2.00. The van der Waals surface area contributed by atoms with E-state index in [9.17, 15) is 9.90 Å². The molecule has 0 aromatic carbocycles. The van der Waals surface area contributed by atoms with Gasteiger partial charge in [-0.1, -0.05) is 0 Å². The topological polar surface area (TPSA) is 75.1 Å². The van der Waals surface area contributed by atoms with Crippen molar-refractivity contribution in [2.75, 3.05) is 6.54 Å². The van der Waals surface area contributed by atoms with E-state index in [1.54, 1.807) is 19.9 Å². The van der Waals surface area contributed by atoms with Gasteiger partial charge in [-0.05, 0) is 42.3 Å². The van der Waals surface area contributed by atoms with Crippen LogP contribution in [0.3, 0.4) is 0 Å². The first-order valence-electron chi connectivity index (χ1n) is 5.87. The fourth-order valence-electron chi connectivity index (χ4n) is 1.65. The molecule has 0 saturated heterocycles. The maximum Gasteiger partial charge on any atom is 0.253 e. The van der Waals surface area contributed by atoms with Crippen LogP contribution in [0.5, 0.6) is 0 Å². The van der Waals surface area contributed by atoms with Crippen LogP contribution in [-0.4, -0.2) is 27.8 Å². The summed E-state index contributed by atoms with van der Waals surface area (Å²) in [6.45, 7) is 3.69. The molecule has 1 atom stereocenters. The Labute approximate surface area is 115 Å². The van der Waals surface area contributed by atoms with E-state index in [0.717, 1.165) is 5.56 Å². The van der Waals surface area contributed by atoms with Gasteiger partial charge in [-0.15, -0.1) is 0 Å². The van der Waals surface area contributed by atoms with Crippen LogP contribution < -0.4 is 5.32 Å². The molecule has 2 heterocycles. The van der Waals surface area contributed by atoms with Gasteiger partial charge in [0.05, 0.1) is 23.1 Å². The molecule has 5 nitrogen and oxygen atoms in total. The largest absolute Gasteiger partial charge is 0.387 e. The van der Waals surface area contributed by atoms with Crippen molar-refractivity contribution in [1.29, 1.82) is 0 Å². The number of aryl methyl sites for hydroxylation is 2. The molecular formula is C13H15N3O2S. The summed E-state index contributed by atoms with van der Waals surface area (Å²) < 4.78 is 0. The van der Waals surface area contributed by atoms with Crippen molar-refractivity contribution in [2.45, 2.75) is 20.0 Å². The monoisotopic (exact) mass is 277 g/mol. The maximum atomic E-state index is 12.0. The van der Waals surface area contributed by atoms with Gasteiger partial charge in [-0.3, -0.25) is 4.79 Å². The average Bonchev–Trinajstić information content (AvgIpc) is 2.92. The summed E-state index contributed by atoms with van der Waals surface area (Å²) in [5.74, 6) is -0.246. The maximum absolute atomic E-state index is 12.0. The van der Waals surface area contributed by atoms with Crippen LogP contribution in [0.25, 0.3) is 0 Å². The number of nitrogens with zero attached hydrogens (tertiary/aromatic N) is 2. The predicted molar refractivity (Wildman–Crippen MR) is 73.1 cm³/mol. The number of amides is 1. The van der Waals surface area contributed by atoms with Gasteiger partial charge in [0.2, 0.25) is 0 Å². The van der Waals surface area contributed by atoms with Crippen LogP contribution in [-0.2, 0) is 0 Å². The Bertz CT molecular complexity index is 569. The smallest absolute Gasteiger partial charge is 0.253 e. The van der Waals surface area contributed by atoms with E-state index in [2.05, 4.69) is 15.5 Å². The molecule has 1 unspecified atom stereocenters. The van der Waals surface area contributed by atoms with E-state index >= 15 is 0 Å². The number of hydrogen-bond acceptors (Lipinski definition) is 5. The second kappa shape index (κ2) is 5.90. The molecule has 19 heavy (non-hydrogen) atoms. The van der Waals surface area contributed by atoms with E-state index in [1.807, 2.05) is 16.8 Å². The highest BCUT2D eigenvalue weighted by atomic mass is 32.1. The van der Waals surface area contributed by atoms with E-state index in [1.165, 1.54) is 11.3 Å². The average molecular weight is 277 g/mol. The first kappa shape index (κ1) is 13.6. The van der Waals surface area contributed by atoms with Gasteiger partial charge in [0.1, 0.15) is 0 Å². The van der Waals surface area contributed by atoms with Crippen molar-refractivity contribution in [3.63, 3.8) is 0 Å². The van der Waals surface area contributed by atoms with Crippen molar-refractivity contribution < 1.29 is 9.90 Å². The van der Waals surface area contributed by atoms with Gasteiger partial charge < -0.3 is 10.4 Å². The minimum atomic E-state index is -0.689. The molecule has 0 aliphatic rings. The second-order valence-electron chi connectivity index (χ2n) is 4.27. The fraction of sp³-hybridized carbons (Fsp3) is 0.308. The quantitative estimate of drug-likeness (QED) is 0.890. The highest BCUT2D eigenvalue weighted by Crippen LogP contribution is 2.15. The van der Waals surface area contributed by atoms with Crippen molar-refractivity contribution in [2.24, 2.45) is 0 Å². The summed E-state index contributed by atoms with van der Waals surface area (Å²) in [6.07, 6.45) is -0.689. The summed E-state index contributed by atoms with van der Waals surface area (Å²) in [5, 5.41) is 24.1. The number of rotatable bonds is 4. The minimum Gasteiger partial charge on any atom is -0.387 e. The summed E-state index contributed by atoms with van der Waals surface area (Å²) in [5.41, 5.74) is 2.57. The van der Waals surface area contributed by atoms with Crippen LogP contribution in [0.15, 0.2) is 22.9 Å². The summed E-state index contributed by atoms with van der Waals surface area (Å²) in [4.78, 5) is 12.0. The van der Waals surface area contributed by atoms with E-state index in [0.29, 0.717) is 17.0 Å². The van der Waals surface area contributed by atoms with Crippen molar-refractivity contribution >= 4 is 17.2 Å². The molecule has 0 spiro atoms. The molecule has 6 heteroatoms. The Kier molecular flexibility index (Phi) is 4.24. The zero-order chi connectivity index (χ0) is 13.8. The Morgan fingerprint density at radius 3 is 2.95 bits per heavy atom.